The molecule has 3 nitrogen and oxygen atoms in total. The van der Waals surface area contributed by atoms with Gasteiger partial charge in [0.15, 0.2) is 0 Å². The van der Waals surface area contributed by atoms with E-state index in [4.69, 9.17) is 33.6 Å². The van der Waals surface area contributed by atoms with Crippen molar-refractivity contribution in [2.45, 2.75) is 91.9 Å². The fourth-order valence-electron chi connectivity index (χ4n) is 7.79. The molecule has 9 heteroatoms. The number of hydrogen-bond donors (Lipinski definition) is 0. The van der Waals surface area contributed by atoms with Crippen molar-refractivity contribution in [3.8, 4) is 34.6 Å². The van der Waals surface area contributed by atoms with Gasteiger partial charge in [0.05, 0.1) is 6.61 Å². The van der Waals surface area contributed by atoms with E-state index in [2.05, 4.69) is 98.5 Å². The summed E-state index contributed by atoms with van der Waals surface area (Å²) in [5.41, 5.74) is 3.34. The monoisotopic (exact) mass is 947 g/mol. The summed E-state index contributed by atoms with van der Waals surface area (Å²) in [7, 11) is 0. The number of aryl methyl sites for hydroxylation is 3. The quantitative estimate of drug-likeness (QED) is 0.0485. The van der Waals surface area contributed by atoms with E-state index in [9.17, 15) is 0 Å². The first-order valence-electron chi connectivity index (χ1n) is 20.2. The summed E-state index contributed by atoms with van der Waals surface area (Å²) in [6.07, 6.45) is 12.3. The van der Waals surface area contributed by atoms with Gasteiger partial charge in [0, 0.05) is 0 Å². The van der Waals surface area contributed by atoms with Crippen LogP contribution in [0.4, 0.5) is 0 Å². The van der Waals surface area contributed by atoms with E-state index in [-0.39, 0.29) is 14.5 Å². The molecular weight excluding hydrogens is 897 g/mol. The maximum absolute atomic E-state index is 6.47. The summed E-state index contributed by atoms with van der Waals surface area (Å²) in [6.45, 7) is 10.5. The molecule has 290 valence electrons. The van der Waals surface area contributed by atoms with Crippen molar-refractivity contribution >= 4 is 106 Å². The molecule has 0 bridgehead atoms. The standard InChI is InChI=1S/C47H49NO2S4Se2/c1-5-7-9-10-13-32(12-8-6-2)28-49-35-18-16-31(17-19-35)14-11-23-48-46(51)43-30(4)50-45(44(43)47(48)52)42-22-21-41(56-42)39-27-34-25-36-33(24-37(34)54-39)26-38(53-36)40-20-15-29(3)55-40/h15-22,24-27,32H,5-14,23,28H2,1-4H3. The first-order chi connectivity index (χ1) is 27.3. The number of furan rings is 1. The SMILES string of the molecule is CCCCCCC(CCCC)COc1ccc(CCCN2C(=S)c3c(C)oc(-c4ccc(-c5cc6cc7sc(-c8ccc(C)[se]8)cc7cc6s5)[se]4)c3C2=S)cc1. The van der Waals surface area contributed by atoms with Crippen molar-refractivity contribution in [2.75, 3.05) is 13.2 Å². The van der Waals surface area contributed by atoms with Crippen molar-refractivity contribution in [3.63, 3.8) is 0 Å². The van der Waals surface area contributed by atoms with Crippen molar-refractivity contribution in [1.82, 2.24) is 4.90 Å². The summed E-state index contributed by atoms with van der Waals surface area (Å²) in [5.74, 6) is 3.41. The second-order valence-electron chi connectivity index (χ2n) is 15.1. The van der Waals surface area contributed by atoms with Crippen LogP contribution in [-0.4, -0.2) is 57.0 Å². The molecule has 6 heterocycles. The average molecular weight is 946 g/mol. The van der Waals surface area contributed by atoms with Gasteiger partial charge < -0.3 is 4.74 Å². The van der Waals surface area contributed by atoms with Crippen LogP contribution in [0.3, 0.4) is 0 Å². The number of benzene rings is 2. The summed E-state index contributed by atoms with van der Waals surface area (Å²) >= 11 is 16.6. The van der Waals surface area contributed by atoms with Gasteiger partial charge in [-0.25, -0.2) is 0 Å². The number of unbranched alkanes of at least 4 members (excludes halogenated alkanes) is 4. The van der Waals surface area contributed by atoms with E-state index >= 15 is 0 Å². The summed E-state index contributed by atoms with van der Waals surface area (Å²) < 4.78 is 21.1. The van der Waals surface area contributed by atoms with Crippen LogP contribution in [0.25, 0.3) is 49.0 Å². The Labute approximate surface area is 362 Å². The normalized spacial score (nSPS) is 13.5. The van der Waals surface area contributed by atoms with E-state index in [1.165, 1.54) is 105 Å². The van der Waals surface area contributed by atoms with Gasteiger partial charge in [0.2, 0.25) is 0 Å². The molecule has 1 unspecified atom stereocenters. The van der Waals surface area contributed by atoms with Crippen LogP contribution in [0, 0.1) is 19.8 Å². The maximum atomic E-state index is 6.47. The van der Waals surface area contributed by atoms with E-state index < -0.39 is 0 Å². The molecule has 0 saturated carbocycles. The Balaban J connectivity index is 0.893. The Bertz CT molecular complexity index is 2430. The third-order valence-corrected chi connectivity index (χ3v) is 19.1. The molecule has 8 rings (SSSR count). The van der Waals surface area contributed by atoms with E-state index in [0.717, 1.165) is 64.4 Å². The average Bonchev–Trinajstić information content (AvgIpc) is 4.05. The molecular formula is C47H49NO2S4Se2. The Morgan fingerprint density at radius 1 is 0.696 bits per heavy atom. The summed E-state index contributed by atoms with van der Waals surface area (Å²) in [6, 6.07) is 27.4. The molecule has 1 aliphatic rings. The minimum absolute atomic E-state index is 0.108. The minimum atomic E-state index is 0.108. The first kappa shape index (κ1) is 40.2. The third-order valence-electron chi connectivity index (χ3n) is 10.9. The number of hydrogen-bond acceptors (Lipinski definition) is 6. The zero-order valence-electron chi connectivity index (χ0n) is 32.7. The number of nitrogens with zero attached hydrogens (tertiary/aromatic N) is 1. The van der Waals surface area contributed by atoms with Crippen LogP contribution in [-0.2, 0) is 6.42 Å². The summed E-state index contributed by atoms with van der Waals surface area (Å²) in [4.78, 5) is 6.54. The molecule has 0 aliphatic carbocycles. The topological polar surface area (TPSA) is 25.6 Å². The zero-order valence-corrected chi connectivity index (χ0v) is 39.4. The molecule has 1 atom stereocenters. The fourth-order valence-corrected chi connectivity index (χ4v) is 15.2. The van der Waals surface area contributed by atoms with Crippen LogP contribution >= 0.6 is 47.1 Å². The Hall–Kier alpha value is -2.58. The van der Waals surface area contributed by atoms with Gasteiger partial charge in [0.1, 0.15) is 0 Å². The molecule has 0 spiro atoms. The number of rotatable bonds is 18. The van der Waals surface area contributed by atoms with Gasteiger partial charge in [-0.2, -0.15) is 0 Å². The van der Waals surface area contributed by atoms with Gasteiger partial charge >= 0.3 is 283 Å². The third kappa shape index (κ3) is 8.72. The number of thiocarbonyl (C=S) groups is 2. The van der Waals surface area contributed by atoms with Crippen molar-refractivity contribution in [3.05, 3.63) is 99.7 Å². The Morgan fingerprint density at radius 2 is 1.34 bits per heavy atom. The van der Waals surface area contributed by atoms with Crippen LogP contribution < -0.4 is 4.74 Å². The second-order valence-corrected chi connectivity index (χ2v) is 23.1. The van der Waals surface area contributed by atoms with Gasteiger partial charge in [-0.3, -0.25) is 0 Å². The molecule has 0 N–H and O–H groups in total. The van der Waals surface area contributed by atoms with Crippen LogP contribution in [0.2, 0.25) is 0 Å². The molecule has 56 heavy (non-hydrogen) atoms. The van der Waals surface area contributed by atoms with Crippen molar-refractivity contribution in [2.24, 2.45) is 5.92 Å². The van der Waals surface area contributed by atoms with Gasteiger partial charge in [-0.05, 0) is 18.8 Å². The number of thiophene rings is 2. The Kier molecular flexibility index (Phi) is 13.0. The second kappa shape index (κ2) is 18.1. The number of ether oxygens (including phenoxy) is 1. The van der Waals surface area contributed by atoms with Crippen LogP contribution in [0.15, 0.2) is 77.2 Å². The van der Waals surface area contributed by atoms with Gasteiger partial charge in [-0.15, -0.1) is 0 Å². The molecule has 2 aromatic carbocycles. The molecule has 7 aromatic rings. The van der Waals surface area contributed by atoms with Crippen LogP contribution in [0.5, 0.6) is 5.75 Å². The molecule has 0 saturated heterocycles. The van der Waals surface area contributed by atoms with E-state index in [1.54, 1.807) is 0 Å². The fraction of sp³-hybridized carbons (Fsp3) is 0.362. The predicted octanol–water partition coefficient (Wildman–Crippen LogP) is 13.9. The molecule has 0 amide bonds. The van der Waals surface area contributed by atoms with Crippen molar-refractivity contribution < 1.29 is 9.15 Å². The molecule has 5 aromatic heterocycles. The predicted molar refractivity (Wildman–Crippen MR) is 251 cm³/mol. The van der Waals surface area contributed by atoms with E-state index in [0.29, 0.717) is 20.4 Å². The molecule has 1 aliphatic heterocycles. The van der Waals surface area contributed by atoms with Crippen LogP contribution in [0.1, 0.15) is 98.5 Å². The van der Waals surface area contributed by atoms with Gasteiger partial charge in [-0.1, -0.05) is 52.4 Å². The Morgan fingerprint density at radius 3 is 2.02 bits per heavy atom. The number of fused-ring (bicyclic) bond motifs is 3. The van der Waals surface area contributed by atoms with E-state index in [1.807, 2.05) is 29.6 Å². The molecule has 0 radical (unpaired) electrons. The first-order valence-corrected chi connectivity index (χ1v) is 26.0. The zero-order chi connectivity index (χ0) is 38.8. The molecule has 0 fully saturated rings. The van der Waals surface area contributed by atoms with Gasteiger partial charge in [0.25, 0.3) is 0 Å². The summed E-state index contributed by atoms with van der Waals surface area (Å²) in [5, 5.41) is 2.68. The van der Waals surface area contributed by atoms with Crippen molar-refractivity contribution in [1.29, 1.82) is 0 Å².